The van der Waals surface area contributed by atoms with E-state index in [-0.39, 0.29) is 30.8 Å². The van der Waals surface area contributed by atoms with Gasteiger partial charge >= 0.3 is 5.97 Å². The van der Waals surface area contributed by atoms with Crippen molar-refractivity contribution in [2.75, 3.05) is 13.7 Å². The van der Waals surface area contributed by atoms with Gasteiger partial charge in [-0.25, -0.2) is 0 Å². The summed E-state index contributed by atoms with van der Waals surface area (Å²) in [6.45, 7) is 4.14. The monoisotopic (exact) mass is 462 g/mol. The molecule has 0 amide bonds. The maximum Gasteiger partial charge on any atom is 0.305 e. The van der Waals surface area contributed by atoms with Gasteiger partial charge < -0.3 is 9.84 Å². The molecule has 0 unspecified atom stereocenters. The summed E-state index contributed by atoms with van der Waals surface area (Å²) < 4.78 is 4.73. The summed E-state index contributed by atoms with van der Waals surface area (Å²) in [7, 11) is 1.36. The third-order valence-corrected chi connectivity index (χ3v) is 7.04. The molecule has 0 saturated heterocycles. The van der Waals surface area contributed by atoms with Crippen LogP contribution in [0.5, 0.6) is 0 Å². The first-order valence-electron chi connectivity index (χ1n) is 12.0. The zero-order chi connectivity index (χ0) is 24.7. The van der Waals surface area contributed by atoms with Crippen molar-refractivity contribution in [1.29, 1.82) is 5.26 Å². The average Bonchev–Trinajstić information content (AvgIpc) is 3.17. The van der Waals surface area contributed by atoms with Crippen LogP contribution >= 0.6 is 0 Å². The summed E-state index contributed by atoms with van der Waals surface area (Å²) in [6.07, 6.45) is 5.12. The van der Waals surface area contributed by atoms with E-state index in [0.29, 0.717) is 30.6 Å². The number of aromatic nitrogens is 1. The zero-order valence-corrected chi connectivity index (χ0v) is 20.4. The topological polar surface area (TPSA) is 100 Å². The van der Waals surface area contributed by atoms with E-state index in [1.165, 1.54) is 7.11 Å². The number of rotatable bonds is 10. The zero-order valence-electron chi connectivity index (χ0n) is 20.4. The van der Waals surface area contributed by atoms with Crippen LogP contribution in [0.1, 0.15) is 64.9 Å². The van der Waals surface area contributed by atoms with Crippen LogP contribution in [-0.4, -0.2) is 35.6 Å². The van der Waals surface area contributed by atoms with Crippen LogP contribution in [0.2, 0.25) is 0 Å². The highest BCUT2D eigenvalue weighted by atomic mass is 16.5. The van der Waals surface area contributed by atoms with Crippen LogP contribution in [0.3, 0.4) is 0 Å². The maximum absolute atomic E-state index is 12.7. The standard InChI is InChI=1S/C28H34N2O4/c1-18-14-24(30-19(2)25(18)12-13-31)8-9-26-22(6-10-27(26)32)16-20-4-5-23(17-29)21(15-20)7-11-28(33)34-3/h4-5,14-15,22,26,31H,6-13,16H2,1-3H3/t22-,26-/m1/s1. The SMILES string of the molecule is COC(=O)CCc1cc(C[C@H]2CCC(=O)[C@@H]2CCc2cc(C)c(CCO)c(C)n2)ccc1C#N. The second kappa shape index (κ2) is 11.9. The van der Waals surface area contributed by atoms with Gasteiger partial charge in [-0.2, -0.15) is 5.26 Å². The molecule has 1 N–H and O–H groups in total. The van der Waals surface area contributed by atoms with Crippen molar-refractivity contribution in [2.24, 2.45) is 11.8 Å². The number of ketones is 1. The van der Waals surface area contributed by atoms with E-state index in [9.17, 15) is 20.0 Å². The van der Waals surface area contributed by atoms with Gasteiger partial charge in [-0.15, -0.1) is 0 Å². The quantitative estimate of drug-likeness (QED) is 0.536. The van der Waals surface area contributed by atoms with Crippen molar-refractivity contribution in [2.45, 2.75) is 65.2 Å². The van der Waals surface area contributed by atoms with Crippen molar-refractivity contribution < 1.29 is 19.4 Å². The number of hydrogen-bond acceptors (Lipinski definition) is 6. The van der Waals surface area contributed by atoms with Crippen LogP contribution < -0.4 is 0 Å². The second-order valence-corrected chi connectivity index (χ2v) is 9.26. The third kappa shape index (κ3) is 6.30. The number of carbonyl (C=O) groups excluding carboxylic acids is 2. The smallest absolute Gasteiger partial charge is 0.305 e. The molecule has 6 heteroatoms. The minimum Gasteiger partial charge on any atom is -0.469 e. The number of benzene rings is 1. The Kier molecular flexibility index (Phi) is 8.95. The van der Waals surface area contributed by atoms with Gasteiger partial charge in [0.2, 0.25) is 0 Å². The van der Waals surface area contributed by atoms with Crippen molar-refractivity contribution in [1.82, 2.24) is 4.98 Å². The summed E-state index contributed by atoms with van der Waals surface area (Å²) in [6, 6.07) is 10.1. The molecule has 0 aliphatic heterocycles. The van der Waals surface area contributed by atoms with Crippen LogP contribution in [0, 0.1) is 37.0 Å². The number of Topliss-reactive ketones (excluding diaryl/α,β-unsaturated/α-hetero) is 1. The highest BCUT2D eigenvalue weighted by Crippen LogP contribution is 2.35. The summed E-state index contributed by atoms with van der Waals surface area (Å²) in [5.41, 5.74) is 6.72. The molecule has 2 aromatic rings. The molecule has 0 bridgehead atoms. The number of hydrogen-bond donors (Lipinski definition) is 1. The molecule has 0 radical (unpaired) electrons. The normalized spacial score (nSPS) is 17.6. The third-order valence-electron chi connectivity index (χ3n) is 7.04. The van der Waals surface area contributed by atoms with E-state index in [4.69, 9.17) is 9.72 Å². The summed E-state index contributed by atoms with van der Waals surface area (Å²) in [5.74, 6) is 0.313. The first-order valence-corrected chi connectivity index (χ1v) is 12.0. The van der Waals surface area contributed by atoms with E-state index in [0.717, 1.165) is 59.3 Å². The Labute approximate surface area is 202 Å². The summed E-state index contributed by atoms with van der Waals surface area (Å²) in [4.78, 5) is 29.0. The fourth-order valence-corrected chi connectivity index (χ4v) is 5.21. The van der Waals surface area contributed by atoms with Gasteiger partial charge in [0.25, 0.3) is 0 Å². The van der Waals surface area contributed by atoms with Gasteiger partial charge in [0, 0.05) is 36.8 Å². The lowest BCUT2D eigenvalue weighted by Crippen LogP contribution is -2.18. The predicted molar refractivity (Wildman–Crippen MR) is 129 cm³/mol. The highest BCUT2D eigenvalue weighted by Gasteiger charge is 2.34. The van der Waals surface area contributed by atoms with E-state index in [2.05, 4.69) is 19.1 Å². The summed E-state index contributed by atoms with van der Waals surface area (Å²) in [5, 5.41) is 18.7. The Morgan fingerprint density at radius 3 is 2.71 bits per heavy atom. The Bertz CT molecular complexity index is 1060. The number of nitriles is 1. The molecule has 1 aliphatic rings. The second-order valence-electron chi connectivity index (χ2n) is 9.26. The lowest BCUT2D eigenvalue weighted by molar-refractivity contribution is -0.140. The van der Waals surface area contributed by atoms with E-state index >= 15 is 0 Å². The highest BCUT2D eigenvalue weighted by molar-refractivity contribution is 5.83. The molecule has 1 aromatic carbocycles. The molecule has 180 valence electrons. The van der Waals surface area contributed by atoms with E-state index < -0.39 is 0 Å². The minimum atomic E-state index is -0.292. The first kappa shape index (κ1) is 25.6. The molecule has 1 aliphatic carbocycles. The van der Waals surface area contributed by atoms with Crippen LogP contribution in [-0.2, 0) is 40.0 Å². The predicted octanol–water partition coefficient (Wildman–Crippen LogP) is 3.98. The minimum absolute atomic E-state index is 0.00805. The van der Waals surface area contributed by atoms with Gasteiger partial charge in [0.05, 0.1) is 18.7 Å². The number of aliphatic hydroxyl groups is 1. The number of ether oxygens (including phenoxy) is 1. The number of aliphatic hydroxyl groups excluding tert-OH is 1. The molecular formula is C28H34N2O4. The number of pyridine rings is 1. The Balaban J connectivity index is 1.69. The van der Waals surface area contributed by atoms with Gasteiger partial charge in [-0.1, -0.05) is 12.1 Å². The molecular weight excluding hydrogens is 428 g/mol. The van der Waals surface area contributed by atoms with Crippen LogP contribution in [0.4, 0.5) is 0 Å². The number of carbonyl (C=O) groups is 2. The maximum atomic E-state index is 12.7. The van der Waals surface area contributed by atoms with Crippen molar-refractivity contribution in [3.05, 3.63) is 63.5 Å². The van der Waals surface area contributed by atoms with Gasteiger partial charge in [0.1, 0.15) is 5.78 Å². The molecule has 1 fully saturated rings. The lowest BCUT2D eigenvalue weighted by atomic mass is 9.85. The van der Waals surface area contributed by atoms with Crippen molar-refractivity contribution >= 4 is 11.8 Å². The molecule has 3 rings (SSSR count). The molecule has 1 saturated carbocycles. The van der Waals surface area contributed by atoms with Gasteiger partial charge in [-0.05, 0) is 92.7 Å². The molecule has 1 aromatic heterocycles. The van der Waals surface area contributed by atoms with Crippen molar-refractivity contribution in [3.8, 4) is 6.07 Å². The molecule has 1 heterocycles. The fraction of sp³-hybridized carbons (Fsp3) is 0.500. The first-order chi connectivity index (χ1) is 16.4. The largest absolute Gasteiger partial charge is 0.469 e. The van der Waals surface area contributed by atoms with E-state index in [1.807, 2.05) is 25.1 Å². The van der Waals surface area contributed by atoms with Gasteiger partial charge in [0.15, 0.2) is 0 Å². The molecule has 0 spiro atoms. The van der Waals surface area contributed by atoms with E-state index in [1.54, 1.807) is 0 Å². The molecule has 2 atom stereocenters. The summed E-state index contributed by atoms with van der Waals surface area (Å²) >= 11 is 0. The number of nitrogens with zero attached hydrogens (tertiary/aromatic N) is 2. The Hall–Kier alpha value is -3.04. The van der Waals surface area contributed by atoms with Crippen molar-refractivity contribution in [3.63, 3.8) is 0 Å². The molecule has 34 heavy (non-hydrogen) atoms. The number of esters is 1. The Morgan fingerprint density at radius 2 is 2.03 bits per heavy atom. The average molecular weight is 463 g/mol. The molecule has 6 nitrogen and oxygen atoms in total. The Morgan fingerprint density at radius 1 is 1.24 bits per heavy atom. The van der Waals surface area contributed by atoms with Gasteiger partial charge in [-0.3, -0.25) is 14.6 Å². The number of methoxy groups -OCH3 is 1. The number of aryl methyl sites for hydroxylation is 4. The fourth-order valence-electron chi connectivity index (χ4n) is 5.21. The van der Waals surface area contributed by atoms with Crippen LogP contribution in [0.15, 0.2) is 24.3 Å². The van der Waals surface area contributed by atoms with Crippen LogP contribution in [0.25, 0.3) is 0 Å². The lowest BCUT2D eigenvalue weighted by Gasteiger charge is -2.19.